The molecule has 0 saturated heterocycles. The molecule has 0 bridgehead atoms. The third-order valence-corrected chi connectivity index (χ3v) is 3.78. The molecule has 1 aromatic heterocycles. The number of hydrogen-bond acceptors (Lipinski definition) is 6. The maximum absolute atomic E-state index is 11.5. The van der Waals surface area contributed by atoms with E-state index in [4.69, 9.17) is 5.73 Å². The largest absolute Gasteiger partial charge is 0.393 e. The van der Waals surface area contributed by atoms with Gasteiger partial charge in [-0.1, -0.05) is 12.8 Å². The molecule has 2 atom stereocenters. The van der Waals surface area contributed by atoms with E-state index in [2.05, 4.69) is 20.6 Å². The average Bonchev–Trinajstić information content (AvgIpc) is 2.61. The van der Waals surface area contributed by atoms with Crippen molar-refractivity contribution < 1.29 is 9.90 Å². The summed E-state index contributed by atoms with van der Waals surface area (Å²) >= 11 is 0. The summed E-state index contributed by atoms with van der Waals surface area (Å²) < 4.78 is 0. The number of nitrogens with one attached hydrogen (secondary N) is 2. The van der Waals surface area contributed by atoms with Crippen LogP contribution in [0.4, 0.5) is 11.8 Å². The van der Waals surface area contributed by atoms with Crippen LogP contribution < -0.4 is 16.4 Å². The number of carbonyl (C=O) groups is 1. The molecule has 0 spiro atoms. The van der Waals surface area contributed by atoms with E-state index >= 15 is 0 Å². The van der Waals surface area contributed by atoms with E-state index in [0.717, 1.165) is 25.7 Å². The van der Waals surface area contributed by atoms with Crippen LogP contribution in [0.5, 0.6) is 0 Å². The molecule has 1 saturated carbocycles. The number of nitrogens with zero attached hydrogens (tertiary/aromatic N) is 2. The molecular formula is C16H27N5O2. The van der Waals surface area contributed by atoms with Crippen LogP contribution in [0.1, 0.15) is 63.2 Å². The molecular weight excluding hydrogens is 294 g/mol. The van der Waals surface area contributed by atoms with Crippen LogP contribution in [0, 0.1) is 0 Å². The van der Waals surface area contributed by atoms with Gasteiger partial charge in [-0.15, -0.1) is 0 Å². The van der Waals surface area contributed by atoms with E-state index in [-0.39, 0.29) is 23.2 Å². The van der Waals surface area contributed by atoms with Crippen LogP contribution in [-0.4, -0.2) is 38.7 Å². The van der Waals surface area contributed by atoms with Gasteiger partial charge in [0.05, 0.1) is 11.7 Å². The fourth-order valence-electron chi connectivity index (χ4n) is 2.73. The van der Waals surface area contributed by atoms with Gasteiger partial charge in [-0.25, -0.2) is 4.98 Å². The highest BCUT2D eigenvalue weighted by Crippen LogP contribution is 2.22. The molecule has 1 aliphatic carbocycles. The van der Waals surface area contributed by atoms with Gasteiger partial charge in [0.1, 0.15) is 5.82 Å². The highest BCUT2D eigenvalue weighted by molar-refractivity contribution is 5.97. The highest BCUT2D eigenvalue weighted by atomic mass is 16.3. The van der Waals surface area contributed by atoms with Crippen molar-refractivity contribution in [2.45, 2.75) is 70.6 Å². The standard InChI is InChI=1S/C16H27N5O2/c1-16(2,3)21-14-12(13(17)23)9-18-15(20-14)19-10-6-4-5-7-11(22)8-10/h9-11,22H,4-8H2,1-3H3,(H2,17,23)(H2,18,19,20,21)/t10-,11?/m0/s1. The number of anilines is 2. The Kier molecular flexibility index (Phi) is 5.41. The zero-order valence-electron chi connectivity index (χ0n) is 14.1. The Morgan fingerprint density at radius 1 is 1.35 bits per heavy atom. The number of rotatable bonds is 4. The Morgan fingerprint density at radius 3 is 2.70 bits per heavy atom. The third-order valence-electron chi connectivity index (χ3n) is 3.78. The molecule has 2 rings (SSSR count). The number of aliphatic hydroxyl groups excluding tert-OH is 1. The van der Waals surface area contributed by atoms with Crippen LogP contribution in [0.25, 0.3) is 0 Å². The Labute approximate surface area is 137 Å². The highest BCUT2D eigenvalue weighted by Gasteiger charge is 2.21. The smallest absolute Gasteiger partial charge is 0.254 e. The first kappa shape index (κ1) is 17.5. The van der Waals surface area contributed by atoms with Gasteiger partial charge in [-0.3, -0.25) is 4.79 Å². The Hall–Kier alpha value is -1.89. The van der Waals surface area contributed by atoms with Crippen LogP contribution in [0.15, 0.2) is 6.20 Å². The molecule has 0 aromatic carbocycles. The predicted octanol–water partition coefficient (Wildman–Crippen LogP) is 1.89. The SMILES string of the molecule is CC(C)(C)Nc1nc(N[C@H]2CCCCC(O)C2)ncc1C(N)=O. The maximum Gasteiger partial charge on any atom is 0.254 e. The second-order valence-electron chi connectivity index (χ2n) is 7.21. The van der Waals surface area contributed by atoms with E-state index in [1.54, 1.807) is 0 Å². The molecule has 1 heterocycles. The number of amides is 1. The molecule has 5 N–H and O–H groups in total. The van der Waals surface area contributed by atoms with Gasteiger partial charge >= 0.3 is 0 Å². The fourth-order valence-corrected chi connectivity index (χ4v) is 2.73. The quantitative estimate of drug-likeness (QED) is 0.630. The lowest BCUT2D eigenvalue weighted by Crippen LogP contribution is -2.30. The van der Waals surface area contributed by atoms with Gasteiger partial charge < -0.3 is 21.5 Å². The molecule has 1 amide bonds. The minimum absolute atomic E-state index is 0.134. The molecule has 1 unspecified atom stereocenters. The monoisotopic (exact) mass is 321 g/mol. The van der Waals surface area contributed by atoms with Crippen molar-refractivity contribution in [2.24, 2.45) is 5.73 Å². The van der Waals surface area contributed by atoms with Gasteiger partial charge in [0.2, 0.25) is 5.95 Å². The van der Waals surface area contributed by atoms with E-state index in [9.17, 15) is 9.90 Å². The van der Waals surface area contributed by atoms with Gasteiger partial charge in [-0.05, 0) is 40.0 Å². The zero-order valence-corrected chi connectivity index (χ0v) is 14.1. The van der Waals surface area contributed by atoms with E-state index in [1.807, 2.05) is 20.8 Å². The summed E-state index contributed by atoms with van der Waals surface area (Å²) in [5.74, 6) is 0.311. The molecule has 0 aliphatic heterocycles. The second-order valence-corrected chi connectivity index (χ2v) is 7.21. The van der Waals surface area contributed by atoms with Crippen molar-refractivity contribution >= 4 is 17.7 Å². The molecule has 1 fully saturated rings. The zero-order chi connectivity index (χ0) is 17.0. The summed E-state index contributed by atoms with van der Waals surface area (Å²) in [5, 5.41) is 16.4. The van der Waals surface area contributed by atoms with Crippen LogP contribution in [0.3, 0.4) is 0 Å². The topological polar surface area (TPSA) is 113 Å². The summed E-state index contributed by atoms with van der Waals surface area (Å²) in [5.41, 5.74) is 5.41. The molecule has 0 radical (unpaired) electrons. The van der Waals surface area contributed by atoms with Crippen molar-refractivity contribution in [3.05, 3.63) is 11.8 Å². The van der Waals surface area contributed by atoms with Crippen molar-refractivity contribution in [1.82, 2.24) is 9.97 Å². The van der Waals surface area contributed by atoms with E-state index in [1.165, 1.54) is 6.20 Å². The minimum atomic E-state index is -0.562. The number of carbonyl (C=O) groups excluding carboxylic acids is 1. The maximum atomic E-state index is 11.5. The molecule has 128 valence electrons. The minimum Gasteiger partial charge on any atom is -0.393 e. The summed E-state index contributed by atoms with van der Waals surface area (Å²) in [6.45, 7) is 5.94. The molecule has 7 heteroatoms. The van der Waals surface area contributed by atoms with Gasteiger partial charge in [-0.2, -0.15) is 4.98 Å². The van der Waals surface area contributed by atoms with E-state index < -0.39 is 5.91 Å². The number of nitrogens with two attached hydrogens (primary N) is 1. The summed E-state index contributed by atoms with van der Waals surface area (Å²) in [6, 6.07) is 0.134. The number of primary amides is 1. The first-order valence-electron chi connectivity index (χ1n) is 8.14. The van der Waals surface area contributed by atoms with Crippen molar-refractivity contribution in [2.75, 3.05) is 10.6 Å². The molecule has 7 nitrogen and oxygen atoms in total. The van der Waals surface area contributed by atoms with Crippen LogP contribution >= 0.6 is 0 Å². The lowest BCUT2D eigenvalue weighted by Gasteiger charge is -2.24. The first-order chi connectivity index (χ1) is 10.7. The number of aromatic nitrogens is 2. The third kappa shape index (κ3) is 5.35. The fraction of sp³-hybridized carbons (Fsp3) is 0.688. The normalized spacial score (nSPS) is 22.3. The van der Waals surface area contributed by atoms with Crippen molar-refractivity contribution in [3.8, 4) is 0 Å². The Morgan fingerprint density at radius 2 is 2.04 bits per heavy atom. The van der Waals surface area contributed by atoms with Gasteiger partial charge in [0.25, 0.3) is 5.91 Å². The van der Waals surface area contributed by atoms with Crippen LogP contribution in [-0.2, 0) is 0 Å². The lowest BCUT2D eigenvalue weighted by molar-refractivity contribution is 0.100. The Bertz CT molecular complexity index is 556. The van der Waals surface area contributed by atoms with Crippen molar-refractivity contribution in [1.29, 1.82) is 0 Å². The number of hydrogen-bond donors (Lipinski definition) is 4. The molecule has 1 aromatic rings. The first-order valence-corrected chi connectivity index (χ1v) is 8.14. The van der Waals surface area contributed by atoms with Gasteiger partial charge in [0.15, 0.2) is 0 Å². The number of aliphatic hydroxyl groups is 1. The lowest BCUT2D eigenvalue weighted by atomic mass is 10.1. The average molecular weight is 321 g/mol. The Balaban J connectivity index is 2.19. The predicted molar refractivity (Wildman–Crippen MR) is 90.4 cm³/mol. The van der Waals surface area contributed by atoms with Crippen molar-refractivity contribution in [3.63, 3.8) is 0 Å². The molecule has 23 heavy (non-hydrogen) atoms. The summed E-state index contributed by atoms with van der Waals surface area (Å²) in [6.07, 6.45) is 5.77. The van der Waals surface area contributed by atoms with Crippen LogP contribution in [0.2, 0.25) is 0 Å². The summed E-state index contributed by atoms with van der Waals surface area (Å²) in [4.78, 5) is 20.2. The second kappa shape index (κ2) is 7.12. The van der Waals surface area contributed by atoms with E-state index in [0.29, 0.717) is 18.2 Å². The molecule has 1 aliphatic rings. The van der Waals surface area contributed by atoms with Gasteiger partial charge in [0, 0.05) is 17.8 Å². The summed E-state index contributed by atoms with van der Waals surface area (Å²) in [7, 11) is 0.